The molecule has 1 heterocycles. The summed E-state index contributed by atoms with van der Waals surface area (Å²) in [4.78, 5) is 2.08. The van der Waals surface area contributed by atoms with E-state index >= 15 is 0 Å². The highest BCUT2D eigenvalue weighted by molar-refractivity contribution is 5.04. The predicted octanol–water partition coefficient (Wildman–Crippen LogP) is 1.16. The van der Waals surface area contributed by atoms with Crippen molar-refractivity contribution in [1.29, 1.82) is 0 Å². The van der Waals surface area contributed by atoms with Crippen LogP contribution < -0.4 is 0 Å². The monoisotopic (exact) mass is 113 g/mol. The number of rotatable bonds is 0. The molecule has 0 N–H and O–H groups in total. The molecule has 0 spiro atoms. The molecule has 0 amide bonds. The summed E-state index contributed by atoms with van der Waals surface area (Å²) in [6, 6.07) is 0. The summed E-state index contributed by atoms with van der Waals surface area (Å²) >= 11 is 0. The molecule has 46 valence electrons. The number of nitrogens with zero attached hydrogens (tertiary/aromatic N) is 1. The third-order valence-corrected chi connectivity index (χ3v) is 1.56. The lowest BCUT2D eigenvalue weighted by molar-refractivity contribution is 0.168. The van der Waals surface area contributed by atoms with Crippen LogP contribution in [0.1, 0.15) is 13.8 Å². The van der Waals surface area contributed by atoms with Gasteiger partial charge in [-0.05, 0) is 13.8 Å². The van der Waals surface area contributed by atoms with Gasteiger partial charge in [0.25, 0.3) is 0 Å². The van der Waals surface area contributed by atoms with Crippen LogP contribution in [-0.4, -0.2) is 18.7 Å². The molecule has 2 heteroatoms. The fourth-order valence-corrected chi connectivity index (χ4v) is 0.664. The lowest BCUT2D eigenvalue weighted by Gasteiger charge is -2.07. The molecule has 0 aromatic rings. The average molecular weight is 113 g/mol. The first-order valence-electron chi connectivity index (χ1n) is 2.73. The van der Waals surface area contributed by atoms with Gasteiger partial charge in [0.05, 0.1) is 5.70 Å². The number of hydrogen-bond acceptors (Lipinski definition) is 2. The summed E-state index contributed by atoms with van der Waals surface area (Å²) in [5.74, 6) is 1.05. The van der Waals surface area contributed by atoms with Gasteiger partial charge in [-0.3, -0.25) is 0 Å². The van der Waals surface area contributed by atoms with Gasteiger partial charge in [-0.25, -0.2) is 0 Å². The largest absolute Gasteiger partial charge is 0.476 e. The van der Waals surface area contributed by atoms with Gasteiger partial charge in [0.1, 0.15) is 5.76 Å². The molecule has 2 nitrogen and oxygen atoms in total. The average Bonchev–Trinajstić information content (AvgIpc) is 1.98. The van der Waals surface area contributed by atoms with Crippen LogP contribution in [0.5, 0.6) is 0 Å². The Morgan fingerprint density at radius 3 is 2.25 bits per heavy atom. The van der Waals surface area contributed by atoms with E-state index in [9.17, 15) is 0 Å². The lowest BCUT2D eigenvalue weighted by Crippen LogP contribution is -2.10. The molecule has 0 bridgehead atoms. The first-order valence-corrected chi connectivity index (χ1v) is 2.73. The van der Waals surface area contributed by atoms with E-state index in [0.29, 0.717) is 0 Å². The van der Waals surface area contributed by atoms with Gasteiger partial charge >= 0.3 is 0 Å². The quantitative estimate of drug-likeness (QED) is 0.467. The van der Waals surface area contributed by atoms with Crippen molar-refractivity contribution in [3.63, 3.8) is 0 Å². The van der Waals surface area contributed by atoms with Crippen LogP contribution in [0.2, 0.25) is 0 Å². The van der Waals surface area contributed by atoms with Crippen molar-refractivity contribution in [3.8, 4) is 0 Å². The molecule has 0 saturated carbocycles. The number of allylic oxidation sites excluding steroid dienone is 2. The minimum absolute atomic E-state index is 0.720. The van der Waals surface area contributed by atoms with Crippen molar-refractivity contribution in [3.05, 3.63) is 11.5 Å². The van der Waals surface area contributed by atoms with E-state index in [1.807, 2.05) is 14.0 Å². The summed E-state index contributed by atoms with van der Waals surface area (Å²) in [7, 11) is 2.02. The maximum absolute atomic E-state index is 5.18. The lowest BCUT2D eigenvalue weighted by atomic mass is 10.4. The molecular formula is C6H11NO. The highest BCUT2D eigenvalue weighted by Gasteiger charge is 2.10. The molecule has 0 atom stereocenters. The Balaban J connectivity index is 2.71. The van der Waals surface area contributed by atoms with Gasteiger partial charge in [0.2, 0.25) is 0 Å². The number of ether oxygens (including phenoxy) is 1. The predicted molar refractivity (Wildman–Crippen MR) is 32.1 cm³/mol. The van der Waals surface area contributed by atoms with Crippen molar-refractivity contribution < 1.29 is 4.74 Å². The third-order valence-electron chi connectivity index (χ3n) is 1.56. The molecule has 0 fully saturated rings. The van der Waals surface area contributed by atoms with Crippen molar-refractivity contribution in [2.45, 2.75) is 13.8 Å². The molecule has 1 aliphatic rings. The maximum Gasteiger partial charge on any atom is 0.160 e. The molecule has 0 aromatic heterocycles. The van der Waals surface area contributed by atoms with E-state index in [2.05, 4.69) is 11.8 Å². The molecule has 8 heavy (non-hydrogen) atoms. The Kier molecular flexibility index (Phi) is 1.16. The normalized spacial score (nSPS) is 19.6. The molecule has 0 saturated heterocycles. The standard InChI is InChI=1S/C6H11NO/c1-5-6(2)8-4-7(5)3/h4H2,1-3H3. The molecule has 1 aliphatic heterocycles. The zero-order chi connectivity index (χ0) is 6.15. The van der Waals surface area contributed by atoms with Gasteiger partial charge in [0, 0.05) is 7.05 Å². The van der Waals surface area contributed by atoms with Crippen LogP contribution in [0.3, 0.4) is 0 Å². The highest BCUT2D eigenvalue weighted by atomic mass is 16.5. The SMILES string of the molecule is CC1=C(C)N(C)CO1. The fourth-order valence-electron chi connectivity index (χ4n) is 0.664. The van der Waals surface area contributed by atoms with Crippen LogP contribution in [-0.2, 0) is 4.74 Å². The zero-order valence-electron chi connectivity index (χ0n) is 5.56. The van der Waals surface area contributed by atoms with Gasteiger partial charge in [-0.1, -0.05) is 0 Å². The summed E-state index contributed by atoms with van der Waals surface area (Å²) in [6.07, 6.45) is 0. The molecule has 0 aliphatic carbocycles. The Morgan fingerprint density at radius 2 is 2.12 bits per heavy atom. The summed E-state index contributed by atoms with van der Waals surface area (Å²) in [6.45, 7) is 4.76. The Hall–Kier alpha value is -0.660. The number of hydrogen-bond donors (Lipinski definition) is 0. The second-order valence-corrected chi connectivity index (χ2v) is 2.11. The van der Waals surface area contributed by atoms with E-state index in [4.69, 9.17) is 4.74 Å². The molecule has 0 radical (unpaired) electrons. The van der Waals surface area contributed by atoms with Crippen molar-refractivity contribution in [2.75, 3.05) is 13.8 Å². The van der Waals surface area contributed by atoms with Gasteiger partial charge in [-0.2, -0.15) is 0 Å². The summed E-state index contributed by atoms with van der Waals surface area (Å²) < 4.78 is 5.18. The Labute approximate surface area is 49.7 Å². The highest BCUT2D eigenvalue weighted by Crippen LogP contribution is 2.15. The molecule has 1 rings (SSSR count). The van der Waals surface area contributed by atoms with Crippen LogP contribution in [0.15, 0.2) is 11.5 Å². The Morgan fingerprint density at radius 1 is 1.50 bits per heavy atom. The third kappa shape index (κ3) is 0.661. The summed E-state index contributed by atoms with van der Waals surface area (Å²) in [5.41, 5.74) is 1.24. The van der Waals surface area contributed by atoms with Crippen LogP contribution in [0.4, 0.5) is 0 Å². The first kappa shape index (κ1) is 5.48. The van der Waals surface area contributed by atoms with Crippen LogP contribution >= 0.6 is 0 Å². The zero-order valence-corrected chi connectivity index (χ0v) is 5.56. The topological polar surface area (TPSA) is 12.5 Å². The van der Waals surface area contributed by atoms with Crippen molar-refractivity contribution in [2.24, 2.45) is 0 Å². The van der Waals surface area contributed by atoms with E-state index in [1.54, 1.807) is 0 Å². The van der Waals surface area contributed by atoms with Crippen molar-refractivity contribution >= 4 is 0 Å². The second-order valence-electron chi connectivity index (χ2n) is 2.11. The van der Waals surface area contributed by atoms with Crippen LogP contribution in [0.25, 0.3) is 0 Å². The van der Waals surface area contributed by atoms with E-state index in [-0.39, 0.29) is 0 Å². The van der Waals surface area contributed by atoms with E-state index in [0.717, 1.165) is 12.5 Å². The minimum atomic E-state index is 0.720. The fraction of sp³-hybridized carbons (Fsp3) is 0.667. The van der Waals surface area contributed by atoms with E-state index < -0.39 is 0 Å². The van der Waals surface area contributed by atoms with Gasteiger partial charge < -0.3 is 9.64 Å². The molecular weight excluding hydrogens is 102 g/mol. The van der Waals surface area contributed by atoms with Crippen molar-refractivity contribution in [1.82, 2.24) is 4.90 Å². The minimum Gasteiger partial charge on any atom is -0.476 e. The molecule has 0 unspecified atom stereocenters. The van der Waals surface area contributed by atoms with E-state index in [1.165, 1.54) is 5.70 Å². The maximum atomic E-state index is 5.18. The molecule has 0 aromatic carbocycles. The van der Waals surface area contributed by atoms with Gasteiger partial charge in [0.15, 0.2) is 6.73 Å². The summed E-state index contributed by atoms with van der Waals surface area (Å²) in [5, 5.41) is 0. The first-order chi connectivity index (χ1) is 3.72. The van der Waals surface area contributed by atoms with Crippen LogP contribution in [0, 0.1) is 0 Å². The Bertz CT molecular complexity index is 128. The second kappa shape index (κ2) is 1.69. The smallest absolute Gasteiger partial charge is 0.160 e. The van der Waals surface area contributed by atoms with Gasteiger partial charge in [-0.15, -0.1) is 0 Å².